The van der Waals surface area contributed by atoms with Gasteiger partial charge in [-0.05, 0) is 38.1 Å². The third-order valence-corrected chi connectivity index (χ3v) is 5.39. The molecule has 0 unspecified atom stereocenters. The standard InChI is InChI=1S/C20H22N4O4/c1-13-11-16-17(12-14(13)2)24(27)19-15(23(16)26)5-4-6-18(19)28-20(25)22-9-7-21(3)8-10-22/h4-6,11-12H,7-10H2,1-3H3. The lowest BCUT2D eigenvalue weighted by Crippen LogP contribution is -2.48. The number of carbonyl (C=O) groups excluding carboxylic acids is 1. The lowest BCUT2D eigenvalue weighted by atomic mass is 10.1. The Labute approximate surface area is 162 Å². The Kier molecular flexibility index (Phi) is 4.43. The average molecular weight is 382 g/mol. The number of benzene rings is 2. The minimum Gasteiger partial charge on any atom is -0.617 e. The van der Waals surface area contributed by atoms with Gasteiger partial charge in [0, 0.05) is 44.4 Å². The second-order valence-corrected chi connectivity index (χ2v) is 7.30. The van der Waals surface area contributed by atoms with Gasteiger partial charge in [-0.1, -0.05) is 6.07 Å². The van der Waals surface area contributed by atoms with Crippen LogP contribution in [0.25, 0.3) is 22.1 Å². The molecular weight excluding hydrogens is 360 g/mol. The monoisotopic (exact) mass is 382 g/mol. The first-order chi connectivity index (χ1) is 13.4. The zero-order chi connectivity index (χ0) is 20.0. The summed E-state index contributed by atoms with van der Waals surface area (Å²) in [5, 5.41) is 26.0. The smallest absolute Gasteiger partial charge is 0.415 e. The fraction of sp³-hybridized carbons (Fsp3) is 0.350. The second kappa shape index (κ2) is 6.79. The lowest BCUT2D eigenvalue weighted by molar-refractivity contribution is -0.591. The third-order valence-electron chi connectivity index (χ3n) is 5.39. The topological polar surface area (TPSA) is 86.7 Å². The van der Waals surface area contributed by atoms with Gasteiger partial charge in [0.2, 0.25) is 5.75 Å². The molecule has 1 fully saturated rings. The Bertz CT molecular complexity index is 1090. The predicted octanol–water partition coefficient (Wildman–Crippen LogP) is 1.62. The highest BCUT2D eigenvalue weighted by atomic mass is 16.6. The van der Waals surface area contributed by atoms with Gasteiger partial charge in [0.1, 0.15) is 0 Å². The van der Waals surface area contributed by atoms with Crippen LogP contribution in [0.2, 0.25) is 0 Å². The summed E-state index contributed by atoms with van der Waals surface area (Å²) >= 11 is 0. The van der Waals surface area contributed by atoms with Crippen LogP contribution < -0.4 is 14.2 Å². The van der Waals surface area contributed by atoms with E-state index in [1.54, 1.807) is 29.2 Å². The van der Waals surface area contributed by atoms with E-state index in [4.69, 9.17) is 4.74 Å². The number of para-hydroxylation sites is 1. The first-order valence-electron chi connectivity index (χ1n) is 9.21. The van der Waals surface area contributed by atoms with Crippen molar-refractivity contribution in [1.29, 1.82) is 0 Å². The van der Waals surface area contributed by atoms with Crippen LogP contribution in [-0.4, -0.2) is 49.1 Å². The van der Waals surface area contributed by atoms with Gasteiger partial charge in [0.05, 0.1) is 0 Å². The SMILES string of the molecule is Cc1cc2c(cc1C)[n+]([O-])c1c(OC(=O)N3CCN(C)CC3)cccc1[n+]2[O-]. The molecule has 1 aliphatic heterocycles. The van der Waals surface area contributed by atoms with Gasteiger partial charge < -0.3 is 25.0 Å². The number of hydrogen-bond acceptors (Lipinski definition) is 5. The Morgan fingerprint density at radius 1 is 0.964 bits per heavy atom. The molecule has 0 saturated carbocycles. The van der Waals surface area contributed by atoms with Crippen LogP contribution in [0.5, 0.6) is 5.75 Å². The maximum absolute atomic E-state index is 13.1. The Balaban J connectivity index is 1.81. The minimum atomic E-state index is -0.516. The fourth-order valence-corrected chi connectivity index (χ4v) is 3.47. The van der Waals surface area contributed by atoms with Gasteiger partial charge in [-0.3, -0.25) is 0 Å². The van der Waals surface area contributed by atoms with Crippen molar-refractivity contribution in [2.45, 2.75) is 13.8 Å². The minimum absolute atomic E-state index is 0.0516. The van der Waals surface area contributed by atoms with E-state index in [0.29, 0.717) is 17.8 Å². The molecule has 0 radical (unpaired) electrons. The van der Waals surface area contributed by atoms with Crippen LogP contribution in [0, 0.1) is 24.3 Å². The predicted molar refractivity (Wildman–Crippen MR) is 104 cm³/mol. The highest BCUT2D eigenvalue weighted by Crippen LogP contribution is 2.24. The van der Waals surface area contributed by atoms with Crippen molar-refractivity contribution in [3.05, 3.63) is 51.9 Å². The van der Waals surface area contributed by atoms with E-state index in [9.17, 15) is 15.2 Å². The van der Waals surface area contributed by atoms with E-state index >= 15 is 0 Å². The number of rotatable bonds is 1. The van der Waals surface area contributed by atoms with Gasteiger partial charge in [-0.2, -0.15) is 9.46 Å². The number of carbonyl (C=O) groups is 1. The molecule has 8 heteroatoms. The first-order valence-corrected chi connectivity index (χ1v) is 9.21. The lowest BCUT2D eigenvalue weighted by Gasteiger charge is -2.31. The largest absolute Gasteiger partial charge is 0.617 e. The van der Waals surface area contributed by atoms with Crippen molar-refractivity contribution in [1.82, 2.24) is 9.80 Å². The van der Waals surface area contributed by atoms with Gasteiger partial charge in [0.15, 0.2) is 0 Å². The fourth-order valence-electron chi connectivity index (χ4n) is 3.47. The molecule has 2 heterocycles. The summed E-state index contributed by atoms with van der Waals surface area (Å²) < 4.78 is 6.94. The van der Waals surface area contributed by atoms with E-state index in [0.717, 1.165) is 28.9 Å². The van der Waals surface area contributed by atoms with Crippen LogP contribution >= 0.6 is 0 Å². The number of ether oxygens (including phenoxy) is 1. The van der Waals surface area contributed by atoms with Crippen molar-refractivity contribution >= 4 is 28.2 Å². The molecule has 1 amide bonds. The number of fused-ring (bicyclic) bond motifs is 2. The maximum atomic E-state index is 13.1. The molecule has 28 heavy (non-hydrogen) atoms. The number of amides is 1. The van der Waals surface area contributed by atoms with Gasteiger partial charge >= 0.3 is 11.6 Å². The van der Waals surface area contributed by atoms with Gasteiger partial charge in [0.25, 0.3) is 16.6 Å². The summed E-state index contributed by atoms with van der Waals surface area (Å²) in [7, 11) is 2.00. The van der Waals surface area contributed by atoms with Crippen molar-refractivity contribution in [3.63, 3.8) is 0 Å². The molecule has 0 aliphatic carbocycles. The molecule has 1 saturated heterocycles. The van der Waals surface area contributed by atoms with Crippen molar-refractivity contribution in [2.75, 3.05) is 33.2 Å². The Morgan fingerprint density at radius 3 is 2.21 bits per heavy atom. The molecule has 2 aromatic carbocycles. The van der Waals surface area contributed by atoms with Crippen LogP contribution in [-0.2, 0) is 0 Å². The van der Waals surface area contributed by atoms with E-state index in [-0.39, 0.29) is 27.8 Å². The molecule has 0 bridgehead atoms. The van der Waals surface area contributed by atoms with Gasteiger partial charge in [-0.25, -0.2) is 4.79 Å². The number of aryl methyl sites for hydroxylation is 2. The van der Waals surface area contributed by atoms with Crippen LogP contribution in [0.15, 0.2) is 30.3 Å². The number of aromatic nitrogens is 2. The summed E-state index contributed by atoms with van der Waals surface area (Å²) in [6, 6.07) is 8.09. The summed E-state index contributed by atoms with van der Waals surface area (Å²) in [4.78, 5) is 16.3. The second-order valence-electron chi connectivity index (χ2n) is 7.30. The zero-order valence-corrected chi connectivity index (χ0v) is 16.1. The zero-order valence-electron chi connectivity index (χ0n) is 16.1. The molecule has 4 rings (SSSR count). The molecule has 1 aliphatic rings. The number of likely N-dealkylation sites (N-methyl/N-ethyl adjacent to an activating group) is 1. The van der Waals surface area contributed by atoms with Crippen molar-refractivity contribution < 1.29 is 19.0 Å². The quantitative estimate of drug-likeness (QED) is 0.363. The van der Waals surface area contributed by atoms with Gasteiger partial charge in [-0.15, -0.1) is 0 Å². The highest BCUT2D eigenvalue weighted by Gasteiger charge is 2.28. The van der Waals surface area contributed by atoms with Crippen molar-refractivity contribution in [3.8, 4) is 5.75 Å². The molecule has 0 N–H and O–H groups in total. The van der Waals surface area contributed by atoms with Crippen LogP contribution in [0.1, 0.15) is 11.1 Å². The maximum Gasteiger partial charge on any atom is 0.415 e. The van der Waals surface area contributed by atoms with Crippen LogP contribution in [0.4, 0.5) is 4.79 Å². The normalized spacial score (nSPS) is 15.3. The number of piperazine rings is 1. The number of hydrogen-bond donors (Lipinski definition) is 0. The summed E-state index contributed by atoms with van der Waals surface area (Å²) in [5.74, 6) is 0.0844. The molecule has 1 aromatic heterocycles. The van der Waals surface area contributed by atoms with Crippen molar-refractivity contribution in [2.24, 2.45) is 0 Å². The Morgan fingerprint density at radius 2 is 1.57 bits per heavy atom. The molecule has 3 aromatic rings. The van der Waals surface area contributed by atoms with E-state index in [1.807, 2.05) is 20.9 Å². The third kappa shape index (κ3) is 2.95. The molecule has 146 valence electrons. The van der Waals surface area contributed by atoms with Crippen LogP contribution in [0.3, 0.4) is 0 Å². The molecule has 0 atom stereocenters. The highest BCUT2D eigenvalue weighted by molar-refractivity contribution is 5.84. The summed E-state index contributed by atoms with van der Waals surface area (Å²) in [5.41, 5.74) is 2.57. The number of nitrogens with zero attached hydrogens (tertiary/aromatic N) is 4. The summed E-state index contributed by atoms with van der Waals surface area (Å²) in [6.07, 6.45) is -0.516. The first kappa shape index (κ1) is 18.2. The van der Waals surface area contributed by atoms with E-state index < -0.39 is 6.09 Å². The molecular formula is C20H22N4O4. The average Bonchev–Trinajstić information content (AvgIpc) is 2.68. The summed E-state index contributed by atoms with van der Waals surface area (Å²) in [6.45, 7) is 6.41. The van der Waals surface area contributed by atoms with E-state index in [1.165, 1.54) is 6.07 Å². The molecule has 0 spiro atoms. The Hall–Kier alpha value is -3.13. The molecule has 8 nitrogen and oxygen atoms in total. The van der Waals surface area contributed by atoms with E-state index in [2.05, 4.69) is 4.90 Å².